The Balaban J connectivity index is 0.722. The molecule has 4 aliphatic rings. The molecule has 0 aromatic heterocycles. The fourth-order valence-electron chi connectivity index (χ4n) is 14.6. The molecule has 642 valence electrons. The maximum Gasteiger partial charge on any atom is 0.308 e. The van der Waals surface area contributed by atoms with Crippen LogP contribution in [-0.4, -0.2) is 347 Å². The van der Waals surface area contributed by atoms with Crippen molar-refractivity contribution in [2.45, 2.75) is 118 Å². The van der Waals surface area contributed by atoms with Gasteiger partial charge in [-0.25, -0.2) is 0 Å². The Morgan fingerprint density at radius 3 is 0.991 bits per heavy atom. The van der Waals surface area contributed by atoms with Gasteiger partial charge in [-0.1, -0.05) is 81.5 Å². The van der Waals surface area contributed by atoms with E-state index in [1.165, 1.54) is 51.4 Å². The zero-order chi connectivity index (χ0) is 77.7. The molecule has 0 spiro atoms. The molecule has 0 bridgehead atoms. The van der Waals surface area contributed by atoms with Gasteiger partial charge in [-0.05, 0) is 91.3 Å². The van der Waals surface area contributed by atoms with Crippen molar-refractivity contribution in [2.24, 2.45) is 46.3 Å². The van der Waals surface area contributed by atoms with Crippen LogP contribution in [0.25, 0.3) is 0 Å². The number of allylic oxidation sites excluding steroid dienone is 1. The summed E-state index contributed by atoms with van der Waals surface area (Å²) in [6.07, 6.45) is 16.7. The molecule has 1 amide bonds. The molecule has 4 aliphatic carbocycles. The van der Waals surface area contributed by atoms with Gasteiger partial charge >= 0.3 is 5.97 Å². The van der Waals surface area contributed by atoms with Gasteiger partial charge < -0.3 is 124 Å². The number of rotatable bonds is 82. The van der Waals surface area contributed by atoms with Gasteiger partial charge in [-0.2, -0.15) is 0 Å². The molecule has 1 N–H and O–H groups in total. The Hall–Kier alpha value is -1.80. The van der Waals surface area contributed by atoms with Crippen molar-refractivity contribution in [3.05, 3.63) is 11.6 Å². The lowest BCUT2D eigenvalue weighted by Gasteiger charge is -2.58. The van der Waals surface area contributed by atoms with Crippen molar-refractivity contribution in [1.82, 2.24) is 5.32 Å². The Bertz CT molecular complexity index is 2100. The largest absolute Gasteiger partial charge is 0.462 e. The Morgan fingerprint density at radius 1 is 0.385 bits per heavy atom. The number of esters is 1. The highest BCUT2D eigenvalue weighted by atomic mass is 79.9. The van der Waals surface area contributed by atoms with Crippen LogP contribution in [0.5, 0.6) is 0 Å². The molecule has 3 saturated carbocycles. The SMILES string of the molecule is CC(C)CCC[C@@H](C)[C@H]1CCC2C3CC=C4CC(OC(=O)CCOCCOCCOCCOCCOCCOCCOCCOCCOCCOCCOCCOCCOCCOCCOCCOCCOCCOCCOCCOCCOCCOCCOCCOCCNC(=O)CBr)CC[C@]4(C)C3CC[C@@]21C. The minimum Gasteiger partial charge on any atom is -0.462 e. The van der Waals surface area contributed by atoms with Crippen LogP contribution in [0.3, 0.4) is 0 Å². The molecule has 0 radical (unpaired) electrons. The standard InChI is InChI=1S/C80H148BrNO27/c1-69(2)7-6-8-70(3)74-11-12-75-73-10-9-71-67-72(13-16-79(71,4)76(73)14-17-80(74,75)5)109-78(84)15-19-85-21-23-87-25-27-89-29-31-91-33-35-93-37-39-95-41-43-97-45-47-99-49-51-101-53-55-103-57-59-105-61-63-107-65-66-108-64-62-106-60-58-104-56-54-102-52-50-100-48-46-98-44-42-96-40-38-94-36-34-92-32-30-90-28-26-88-24-22-86-20-18-82-77(83)68-81/h9,69-70,72-76H,6-8,10-68H2,1-5H3,(H,82,83)/t70-,72?,73?,74-,75?,76?,79+,80-/m1/s1. The normalized spacial score (nSPS) is 20.7. The zero-order valence-electron chi connectivity index (χ0n) is 67.9. The van der Waals surface area contributed by atoms with Gasteiger partial charge in [0, 0.05) is 13.0 Å². The average molecular weight is 1640 g/mol. The van der Waals surface area contributed by atoms with Gasteiger partial charge in [0.1, 0.15) is 6.10 Å². The minimum atomic E-state index is -0.162. The molecule has 109 heavy (non-hydrogen) atoms. The van der Waals surface area contributed by atoms with Crippen LogP contribution < -0.4 is 5.32 Å². The second-order valence-corrected chi connectivity index (χ2v) is 29.1. The van der Waals surface area contributed by atoms with Crippen molar-refractivity contribution in [2.75, 3.05) is 329 Å². The topological polar surface area (TPSA) is 277 Å². The summed E-state index contributed by atoms with van der Waals surface area (Å²) < 4.78 is 139. The van der Waals surface area contributed by atoms with E-state index in [2.05, 4.69) is 61.9 Å². The number of amides is 1. The van der Waals surface area contributed by atoms with Gasteiger partial charge in [0.15, 0.2) is 0 Å². The van der Waals surface area contributed by atoms with Gasteiger partial charge in [-0.3, -0.25) is 9.59 Å². The third kappa shape index (κ3) is 51.1. The van der Waals surface area contributed by atoms with Crippen molar-refractivity contribution in [1.29, 1.82) is 0 Å². The summed E-state index contributed by atoms with van der Waals surface area (Å²) in [5, 5.41) is 2.99. The maximum atomic E-state index is 12.9. The number of carbonyl (C=O) groups excluding carboxylic acids is 2. The van der Waals surface area contributed by atoms with Crippen molar-refractivity contribution < 1.29 is 128 Å². The van der Waals surface area contributed by atoms with Crippen LogP contribution >= 0.6 is 15.9 Å². The van der Waals surface area contributed by atoms with E-state index in [4.69, 9.17) is 118 Å². The summed E-state index contributed by atoms with van der Waals surface area (Å²) in [5.41, 5.74) is 2.31. The van der Waals surface area contributed by atoms with E-state index < -0.39 is 0 Å². The lowest BCUT2D eigenvalue weighted by atomic mass is 9.47. The van der Waals surface area contributed by atoms with Gasteiger partial charge in [0.05, 0.1) is 329 Å². The number of alkyl halides is 1. The van der Waals surface area contributed by atoms with E-state index in [0.717, 1.165) is 54.8 Å². The third-order valence-electron chi connectivity index (χ3n) is 20.3. The van der Waals surface area contributed by atoms with E-state index in [0.29, 0.717) is 329 Å². The summed E-state index contributed by atoms with van der Waals surface area (Å²) >= 11 is 3.09. The molecule has 0 aromatic carbocycles. The Labute approximate surface area is 662 Å². The second kappa shape index (κ2) is 70.4. The highest BCUT2D eigenvalue weighted by Crippen LogP contribution is 2.67. The first-order valence-electron chi connectivity index (χ1n) is 41.2. The third-order valence-corrected chi connectivity index (χ3v) is 20.8. The predicted molar refractivity (Wildman–Crippen MR) is 414 cm³/mol. The second-order valence-electron chi connectivity index (χ2n) is 28.6. The van der Waals surface area contributed by atoms with Crippen LogP contribution in [0.2, 0.25) is 0 Å². The molecule has 28 nitrogen and oxygen atoms in total. The molecular weight excluding hydrogens is 1490 g/mol. The summed E-state index contributed by atoms with van der Waals surface area (Å²) in [6, 6.07) is 0. The predicted octanol–water partition coefficient (Wildman–Crippen LogP) is 8.24. The number of hydrogen-bond donors (Lipinski definition) is 1. The minimum absolute atomic E-state index is 0.0239. The Kier molecular flexibility index (Phi) is 64.3. The fraction of sp³-hybridized carbons (Fsp3) is 0.950. The molecule has 8 atom stereocenters. The van der Waals surface area contributed by atoms with Crippen molar-refractivity contribution >= 4 is 27.8 Å². The van der Waals surface area contributed by atoms with Crippen molar-refractivity contribution in [3.63, 3.8) is 0 Å². The summed E-state index contributed by atoms with van der Waals surface area (Å²) in [7, 11) is 0. The van der Waals surface area contributed by atoms with Gasteiger partial charge in [0.2, 0.25) is 5.91 Å². The molecule has 0 saturated heterocycles. The fourth-order valence-corrected chi connectivity index (χ4v) is 14.8. The number of fused-ring (bicyclic) bond motifs is 5. The van der Waals surface area contributed by atoms with E-state index >= 15 is 0 Å². The number of carbonyl (C=O) groups is 2. The first-order chi connectivity index (χ1) is 53.6. The molecule has 3 fully saturated rings. The quantitative estimate of drug-likeness (QED) is 0.0260. The molecule has 0 heterocycles. The molecule has 0 aliphatic heterocycles. The number of halogens is 1. The average Bonchev–Trinajstić information content (AvgIpc) is 1.68. The monoisotopic (exact) mass is 1630 g/mol. The van der Waals surface area contributed by atoms with E-state index in [1.807, 2.05) is 0 Å². The van der Waals surface area contributed by atoms with E-state index in [-0.39, 0.29) is 35.1 Å². The lowest BCUT2D eigenvalue weighted by Crippen LogP contribution is -2.51. The van der Waals surface area contributed by atoms with Crippen LogP contribution in [0.15, 0.2) is 11.6 Å². The number of nitrogens with one attached hydrogen (secondary N) is 1. The van der Waals surface area contributed by atoms with Crippen LogP contribution in [0, 0.1) is 46.3 Å². The van der Waals surface area contributed by atoms with E-state index in [9.17, 15) is 9.59 Å². The molecule has 0 aromatic rings. The zero-order valence-corrected chi connectivity index (χ0v) is 69.4. The number of ether oxygens (including phenoxy) is 25. The Morgan fingerprint density at radius 2 is 0.688 bits per heavy atom. The summed E-state index contributed by atoms with van der Waals surface area (Å²) in [4.78, 5) is 23.9. The van der Waals surface area contributed by atoms with Crippen LogP contribution in [0.4, 0.5) is 0 Å². The lowest BCUT2D eigenvalue weighted by molar-refractivity contribution is -0.153. The highest BCUT2D eigenvalue weighted by molar-refractivity contribution is 9.09. The summed E-state index contributed by atoms with van der Waals surface area (Å²) in [6.45, 7) is 35.7. The van der Waals surface area contributed by atoms with E-state index in [1.54, 1.807) is 5.57 Å². The van der Waals surface area contributed by atoms with Crippen molar-refractivity contribution in [3.8, 4) is 0 Å². The smallest absolute Gasteiger partial charge is 0.308 e. The first kappa shape index (κ1) is 99.6. The molecule has 4 unspecified atom stereocenters. The molecule has 4 rings (SSSR count). The number of hydrogen-bond acceptors (Lipinski definition) is 27. The van der Waals surface area contributed by atoms with Gasteiger partial charge in [-0.15, -0.1) is 0 Å². The van der Waals surface area contributed by atoms with Gasteiger partial charge in [0.25, 0.3) is 0 Å². The summed E-state index contributed by atoms with van der Waals surface area (Å²) in [5.74, 6) is 4.72. The van der Waals surface area contributed by atoms with Crippen LogP contribution in [-0.2, 0) is 128 Å². The highest BCUT2D eigenvalue weighted by Gasteiger charge is 2.59. The first-order valence-corrected chi connectivity index (χ1v) is 42.3. The molecular formula is C80H148BrNO27. The maximum absolute atomic E-state index is 12.9. The van der Waals surface area contributed by atoms with Crippen LogP contribution in [0.1, 0.15) is 112 Å². The molecule has 29 heteroatoms.